The summed E-state index contributed by atoms with van der Waals surface area (Å²) in [5.41, 5.74) is 3.01. The highest BCUT2D eigenvalue weighted by Gasteiger charge is 2.31. The van der Waals surface area contributed by atoms with Crippen molar-refractivity contribution in [1.82, 2.24) is 19.9 Å². The molecule has 0 spiro atoms. The van der Waals surface area contributed by atoms with Gasteiger partial charge in [0, 0.05) is 50.3 Å². The van der Waals surface area contributed by atoms with Gasteiger partial charge in [-0.1, -0.05) is 23.7 Å². The second kappa shape index (κ2) is 10.8. The molecular formula is C26H25ClF4N4O4. The number of nitrogens with one attached hydrogen (secondary N) is 1. The van der Waals surface area contributed by atoms with Crippen LogP contribution in [0.25, 0.3) is 10.9 Å². The smallest absolute Gasteiger partial charge is 0.406 e. The molecule has 1 saturated carbocycles. The number of carbonyl (C=O) groups excluding carboxylic acids is 1. The predicted molar refractivity (Wildman–Crippen MR) is 135 cm³/mol. The molecule has 3 aromatic rings. The average molecular weight is 569 g/mol. The molecule has 39 heavy (non-hydrogen) atoms. The summed E-state index contributed by atoms with van der Waals surface area (Å²) >= 11 is 5.94. The fraction of sp³-hybridized carbons (Fsp3) is 0.385. The molecule has 2 N–H and O–H groups in total. The van der Waals surface area contributed by atoms with Gasteiger partial charge in [0.05, 0.1) is 16.6 Å². The number of alkyl halides is 3. The highest BCUT2D eigenvalue weighted by Crippen LogP contribution is 2.37. The SMILES string of the molecule is O=C(NN1CCN(C[C@H](O)c2ccc(OC(F)(F)F)cc2)CC1)c1cn(C2CC2)c2cc(Cl)c(F)cc2c1=O. The summed E-state index contributed by atoms with van der Waals surface area (Å²) in [5, 5.41) is 12.2. The van der Waals surface area contributed by atoms with E-state index in [0.29, 0.717) is 37.3 Å². The Bertz CT molecular complexity index is 1440. The molecule has 2 aromatic carbocycles. The lowest BCUT2D eigenvalue weighted by Gasteiger charge is -2.35. The maximum Gasteiger partial charge on any atom is 0.573 e. The molecule has 1 atom stereocenters. The predicted octanol–water partition coefficient (Wildman–Crippen LogP) is 4.02. The number of hydrogen-bond acceptors (Lipinski definition) is 6. The number of carbonyl (C=O) groups is 1. The van der Waals surface area contributed by atoms with Crippen molar-refractivity contribution in [2.24, 2.45) is 0 Å². The van der Waals surface area contributed by atoms with Crippen LogP contribution in [-0.2, 0) is 0 Å². The van der Waals surface area contributed by atoms with E-state index < -0.39 is 29.6 Å². The molecule has 13 heteroatoms. The van der Waals surface area contributed by atoms with Gasteiger partial charge >= 0.3 is 6.36 Å². The number of aromatic nitrogens is 1. The van der Waals surface area contributed by atoms with Gasteiger partial charge < -0.3 is 14.4 Å². The van der Waals surface area contributed by atoms with Crippen molar-refractivity contribution >= 4 is 28.4 Å². The third-order valence-corrected chi connectivity index (χ3v) is 7.11. The van der Waals surface area contributed by atoms with Gasteiger partial charge in [0.1, 0.15) is 17.1 Å². The molecule has 0 bridgehead atoms. The van der Waals surface area contributed by atoms with Crippen molar-refractivity contribution in [3.63, 3.8) is 0 Å². The van der Waals surface area contributed by atoms with E-state index in [1.165, 1.54) is 24.4 Å². The van der Waals surface area contributed by atoms with E-state index in [1.807, 2.05) is 4.90 Å². The topological polar surface area (TPSA) is 87.0 Å². The van der Waals surface area contributed by atoms with E-state index in [0.717, 1.165) is 31.0 Å². The largest absolute Gasteiger partial charge is 0.573 e. The number of aliphatic hydroxyl groups excluding tert-OH is 1. The number of halogens is 5. The lowest BCUT2D eigenvalue weighted by molar-refractivity contribution is -0.274. The molecule has 1 aromatic heterocycles. The highest BCUT2D eigenvalue weighted by molar-refractivity contribution is 6.31. The molecule has 1 aliphatic carbocycles. The molecule has 8 nitrogen and oxygen atoms in total. The number of ether oxygens (including phenoxy) is 1. The third kappa shape index (κ3) is 6.35. The zero-order valence-corrected chi connectivity index (χ0v) is 21.3. The number of β-amino-alcohol motifs (C(OH)–C–C–N with tert-alkyl or cyclic N) is 1. The number of benzene rings is 2. The number of amides is 1. The van der Waals surface area contributed by atoms with Crippen molar-refractivity contribution in [3.8, 4) is 5.75 Å². The van der Waals surface area contributed by atoms with Gasteiger partial charge in [-0.05, 0) is 42.7 Å². The fourth-order valence-corrected chi connectivity index (χ4v) is 4.81. The normalized spacial score (nSPS) is 17.8. The van der Waals surface area contributed by atoms with E-state index in [2.05, 4.69) is 10.2 Å². The van der Waals surface area contributed by atoms with E-state index in [9.17, 15) is 32.3 Å². The Morgan fingerprint density at radius 1 is 1.13 bits per heavy atom. The minimum absolute atomic E-state index is 0.0908. The van der Waals surface area contributed by atoms with Gasteiger partial charge in [-0.15, -0.1) is 13.2 Å². The Labute approximate surface area is 225 Å². The molecule has 5 rings (SSSR count). The first-order valence-corrected chi connectivity index (χ1v) is 12.7. The molecule has 0 unspecified atom stereocenters. The quantitative estimate of drug-likeness (QED) is 0.419. The Morgan fingerprint density at radius 2 is 1.79 bits per heavy atom. The number of hydrogen-bond donors (Lipinski definition) is 2. The van der Waals surface area contributed by atoms with Crippen molar-refractivity contribution in [2.75, 3.05) is 32.7 Å². The third-order valence-electron chi connectivity index (χ3n) is 6.82. The van der Waals surface area contributed by atoms with Crippen LogP contribution < -0.4 is 15.6 Å². The summed E-state index contributed by atoms with van der Waals surface area (Å²) in [6.45, 7) is 2.03. The number of rotatable bonds is 7. The zero-order chi connectivity index (χ0) is 27.9. The first-order valence-electron chi connectivity index (χ1n) is 12.3. The van der Waals surface area contributed by atoms with Crippen molar-refractivity contribution in [1.29, 1.82) is 0 Å². The van der Waals surface area contributed by atoms with E-state index in [-0.39, 0.29) is 34.3 Å². The Hall–Kier alpha value is -3.19. The Morgan fingerprint density at radius 3 is 2.41 bits per heavy atom. The summed E-state index contributed by atoms with van der Waals surface area (Å²) in [6, 6.07) is 7.63. The van der Waals surface area contributed by atoms with Gasteiger partial charge in [0.15, 0.2) is 0 Å². The first kappa shape index (κ1) is 27.4. The Balaban J connectivity index is 1.20. The number of piperazine rings is 1. The molecule has 0 radical (unpaired) electrons. The van der Waals surface area contributed by atoms with Crippen molar-refractivity contribution in [3.05, 3.63) is 74.8 Å². The van der Waals surface area contributed by atoms with Crippen LogP contribution in [0.2, 0.25) is 5.02 Å². The summed E-state index contributed by atoms with van der Waals surface area (Å²) in [7, 11) is 0. The van der Waals surface area contributed by atoms with Crippen LogP contribution in [-0.4, -0.2) is 64.6 Å². The lowest BCUT2D eigenvalue weighted by atomic mass is 10.1. The highest BCUT2D eigenvalue weighted by atomic mass is 35.5. The first-order chi connectivity index (χ1) is 18.5. The van der Waals surface area contributed by atoms with Crippen LogP contribution in [0.4, 0.5) is 17.6 Å². The average Bonchev–Trinajstić information content (AvgIpc) is 3.71. The van der Waals surface area contributed by atoms with Crippen LogP contribution in [0.3, 0.4) is 0 Å². The summed E-state index contributed by atoms with van der Waals surface area (Å²) in [5.74, 6) is -1.70. The second-order valence-electron chi connectivity index (χ2n) is 9.66. The maximum absolute atomic E-state index is 14.1. The van der Waals surface area contributed by atoms with Gasteiger partial charge in [0.2, 0.25) is 5.43 Å². The summed E-state index contributed by atoms with van der Waals surface area (Å²) in [6.07, 6.45) is -2.45. The van der Waals surface area contributed by atoms with Gasteiger partial charge in [-0.3, -0.25) is 19.9 Å². The van der Waals surface area contributed by atoms with Crippen LogP contribution in [0.1, 0.15) is 40.9 Å². The van der Waals surface area contributed by atoms with Gasteiger partial charge in [-0.2, -0.15) is 0 Å². The number of nitrogens with zero attached hydrogens (tertiary/aromatic N) is 3. The number of fused-ring (bicyclic) bond motifs is 1. The molecular weight excluding hydrogens is 544 g/mol. The molecule has 1 saturated heterocycles. The van der Waals surface area contributed by atoms with Crippen molar-refractivity contribution in [2.45, 2.75) is 31.3 Å². The molecule has 1 amide bonds. The van der Waals surface area contributed by atoms with Gasteiger partial charge in [0.25, 0.3) is 5.91 Å². The van der Waals surface area contributed by atoms with Crippen LogP contribution in [0.5, 0.6) is 5.75 Å². The van der Waals surface area contributed by atoms with E-state index >= 15 is 0 Å². The number of pyridine rings is 1. The molecule has 208 valence electrons. The molecule has 2 fully saturated rings. The maximum atomic E-state index is 14.1. The van der Waals surface area contributed by atoms with E-state index in [4.69, 9.17) is 11.6 Å². The number of aliphatic hydroxyl groups is 1. The van der Waals surface area contributed by atoms with Crippen LogP contribution >= 0.6 is 11.6 Å². The van der Waals surface area contributed by atoms with Crippen LogP contribution in [0, 0.1) is 5.82 Å². The zero-order valence-electron chi connectivity index (χ0n) is 20.5. The Kier molecular flexibility index (Phi) is 7.55. The fourth-order valence-electron chi connectivity index (χ4n) is 4.65. The monoisotopic (exact) mass is 568 g/mol. The summed E-state index contributed by atoms with van der Waals surface area (Å²) < 4.78 is 56.8. The lowest BCUT2D eigenvalue weighted by Crippen LogP contribution is -2.54. The van der Waals surface area contributed by atoms with Gasteiger partial charge in [-0.25, -0.2) is 9.40 Å². The van der Waals surface area contributed by atoms with E-state index in [1.54, 1.807) is 9.58 Å². The summed E-state index contributed by atoms with van der Waals surface area (Å²) in [4.78, 5) is 28.1. The minimum atomic E-state index is -4.79. The molecule has 1 aliphatic heterocycles. The second-order valence-corrected chi connectivity index (χ2v) is 10.1. The molecule has 2 aliphatic rings. The number of hydrazine groups is 1. The standard InChI is InChI=1S/C26H25ClF4N4O4/c27-20-12-22-18(11-21(20)28)24(37)19(13-35(22)16-3-4-16)25(38)32-34-9-7-33(8-10-34)14-23(36)15-1-5-17(6-2-15)39-26(29,30)31/h1-2,5-6,11-13,16,23,36H,3-4,7-10,14H2,(H,32,38)/t23-/m0/s1. The van der Waals surface area contributed by atoms with Crippen molar-refractivity contribution < 1.29 is 32.2 Å². The van der Waals surface area contributed by atoms with Crippen LogP contribution in [0.15, 0.2) is 47.4 Å². The minimum Gasteiger partial charge on any atom is -0.406 e. The molecule has 2 heterocycles.